The molecule has 0 heterocycles. The molecule has 6 heteroatoms. The molecule has 1 atom stereocenters. The first-order valence-electron chi connectivity index (χ1n) is 5.46. The molecule has 1 unspecified atom stereocenters. The first kappa shape index (κ1) is 15.2. The number of benzene rings is 1. The zero-order valence-electron chi connectivity index (χ0n) is 9.98. The Balaban J connectivity index is 2.55. The molecule has 0 amide bonds. The fourth-order valence-corrected chi connectivity index (χ4v) is 1.29. The normalized spacial score (nSPS) is 12.8. The number of aliphatic hydroxyl groups is 1. The number of hydrogen-bond donors (Lipinski definition) is 1. The molecule has 0 bridgehead atoms. The average molecular weight is 274 g/mol. The SMILES string of the molecule is C=CCC(O)C(=O)OCc1ccc(C(F)(F)F)cc1. The Morgan fingerprint density at radius 2 is 1.95 bits per heavy atom. The van der Waals surface area contributed by atoms with Gasteiger partial charge in [0, 0.05) is 6.42 Å². The fourth-order valence-electron chi connectivity index (χ4n) is 1.29. The Labute approximate surface area is 108 Å². The maximum Gasteiger partial charge on any atom is 0.416 e. The van der Waals surface area contributed by atoms with Crippen molar-refractivity contribution in [2.24, 2.45) is 0 Å². The highest BCUT2D eigenvalue weighted by atomic mass is 19.4. The van der Waals surface area contributed by atoms with Crippen LogP contribution < -0.4 is 0 Å². The summed E-state index contributed by atoms with van der Waals surface area (Å²) in [5, 5.41) is 9.25. The second kappa shape index (κ2) is 6.38. The highest BCUT2D eigenvalue weighted by Gasteiger charge is 2.29. The van der Waals surface area contributed by atoms with Crippen LogP contribution in [0.2, 0.25) is 0 Å². The van der Waals surface area contributed by atoms with Crippen LogP contribution >= 0.6 is 0 Å². The summed E-state index contributed by atoms with van der Waals surface area (Å²) in [6.45, 7) is 3.17. The molecule has 0 aliphatic carbocycles. The maximum absolute atomic E-state index is 12.3. The van der Waals surface area contributed by atoms with Gasteiger partial charge in [0.05, 0.1) is 5.56 Å². The van der Waals surface area contributed by atoms with E-state index in [1.165, 1.54) is 18.2 Å². The summed E-state index contributed by atoms with van der Waals surface area (Å²) in [6, 6.07) is 4.25. The van der Waals surface area contributed by atoms with Crippen molar-refractivity contribution in [3.63, 3.8) is 0 Å². The average Bonchev–Trinajstić information content (AvgIpc) is 2.35. The molecule has 0 aliphatic heterocycles. The Kier molecular flexibility index (Phi) is 5.11. The number of aliphatic hydroxyl groups excluding tert-OH is 1. The van der Waals surface area contributed by atoms with Crippen LogP contribution in [-0.4, -0.2) is 17.2 Å². The van der Waals surface area contributed by atoms with E-state index in [0.29, 0.717) is 5.56 Å². The van der Waals surface area contributed by atoms with Gasteiger partial charge in [-0.2, -0.15) is 13.2 Å². The van der Waals surface area contributed by atoms with Crippen LogP contribution in [0.3, 0.4) is 0 Å². The number of hydrogen-bond acceptors (Lipinski definition) is 3. The summed E-state index contributed by atoms with van der Waals surface area (Å²) < 4.78 is 41.6. The van der Waals surface area contributed by atoms with E-state index < -0.39 is 23.8 Å². The van der Waals surface area contributed by atoms with Gasteiger partial charge in [-0.3, -0.25) is 0 Å². The molecular formula is C13H13F3O3. The second-order valence-electron chi connectivity index (χ2n) is 3.84. The standard InChI is InChI=1S/C13H13F3O3/c1-2-3-11(17)12(18)19-8-9-4-6-10(7-5-9)13(14,15)16/h2,4-7,11,17H,1,3,8H2. The van der Waals surface area contributed by atoms with Crippen LogP contribution in [-0.2, 0) is 22.3 Å². The lowest BCUT2D eigenvalue weighted by molar-refractivity contribution is -0.154. The van der Waals surface area contributed by atoms with E-state index in [1.54, 1.807) is 0 Å². The number of rotatable bonds is 5. The van der Waals surface area contributed by atoms with Crippen molar-refractivity contribution in [2.45, 2.75) is 25.3 Å². The van der Waals surface area contributed by atoms with E-state index in [0.717, 1.165) is 12.1 Å². The Hall–Kier alpha value is -1.82. The van der Waals surface area contributed by atoms with E-state index in [1.807, 2.05) is 0 Å². The minimum Gasteiger partial charge on any atom is -0.459 e. The van der Waals surface area contributed by atoms with Crippen molar-refractivity contribution in [3.05, 3.63) is 48.0 Å². The molecule has 0 aliphatic rings. The van der Waals surface area contributed by atoms with E-state index in [9.17, 15) is 23.1 Å². The molecule has 0 saturated carbocycles. The minimum absolute atomic E-state index is 0.0614. The van der Waals surface area contributed by atoms with E-state index in [-0.39, 0.29) is 13.0 Å². The van der Waals surface area contributed by atoms with Gasteiger partial charge in [-0.05, 0) is 17.7 Å². The molecule has 1 aromatic rings. The van der Waals surface area contributed by atoms with E-state index in [4.69, 9.17) is 4.74 Å². The quantitative estimate of drug-likeness (QED) is 0.663. The van der Waals surface area contributed by atoms with Crippen molar-refractivity contribution in [3.8, 4) is 0 Å². The van der Waals surface area contributed by atoms with Crippen LogP contribution in [0.4, 0.5) is 13.2 Å². The molecule has 1 aromatic carbocycles. The van der Waals surface area contributed by atoms with Crippen LogP contribution in [0.15, 0.2) is 36.9 Å². The Bertz CT molecular complexity index is 437. The van der Waals surface area contributed by atoms with Gasteiger partial charge in [-0.1, -0.05) is 18.2 Å². The van der Waals surface area contributed by atoms with Crippen molar-refractivity contribution >= 4 is 5.97 Å². The number of carbonyl (C=O) groups excluding carboxylic acids is 1. The predicted molar refractivity (Wildman–Crippen MR) is 62.1 cm³/mol. The van der Waals surface area contributed by atoms with Gasteiger partial charge >= 0.3 is 12.1 Å². The molecule has 1 rings (SSSR count). The Morgan fingerprint density at radius 1 is 1.37 bits per heavy atom. The smallest absolute Gasteiger partial charge is 0.416 e. The molecule has 3 nitrogen and oxygen atoms in total. The molecule has 1 N–H and O–H groups in total. The number of esters is 1. The van der Waals surface area contributed by atoms with Crippen LogP contribution in [0.25, 0.3) is 0 Å². The molecule has 0 radical (unpaired) electrons. The topological polar surface area (TPSA) is 46.5 Å². The summed E-state index contributed by atoms with van der Waals surface area (Å²) in [6.07, 6.45) is -4.27. The second-order valence-corrected chi connectivity index (χ2v) is 3.84. The summed E-state index contributed by atoms with van der Waals surface area (Å²) in [5.74, 6) is -0.834. The van der Waals surface area contributed by atoms with Crippen LogP contribution in [0.5, 0.6) is 0 Å². The zero-order valence-corrected chi connectivity index (χ0v) is 9.98. The first-order chi connectivity index (χ1) is 8.84. The van der Waals surface area contributed by atoms with Gasteiger partial charge in [0.2, 0.25) is 0 Å². The van der Waals surface area contributed by atoms with Gasteiger partial charge in [0.15, 0.2) is 6.10 Å². The monoisotopic (exact) mass is 274 g/mol. The third-order valence-corrected chi connectivity index (χ3v) is 2.32. The summed E-state index contributed by atoms with van der Waals surface area (Å²) in [7, 11) is 0. The first-order valence-corrected chi connectivity index (χ1v) is 5.46. The van der Waals surface area contributed by atoms with E-state index >= 15 is 0 Å². The van der Waals surface area contributed by atoms with Gasteiger partial charge in [0.25, 0.3) is 0 Å². The molecule has 0 aromatic heterocycles. The lowest BCUT2D eigenvalue weighted by Crippen LogP contribution is -2.22. The third-order valence-electron chi connectivity index (χ3n) is 2.32. The minimum atomic E-state index is -4.39. The highest BCUT2D eigenvalue weighted by Crippen LogP contribution is 2.29. The number of halogens is 3. The summed E-state index contributed by atoms with van der Waals surface area (Å²) in [4.78, 5) is 11.2. The largest absolute Gasteiger partial charge is 0.459 e. The van der Waals surface area contributed by atoms with Crippen molar-refractivity contribution in [1.29, 1.82) is 0 Å². The van der Waals surface area contributed by atoms with Crippen molar-refractivity contribution in [1.82, 2.24) is 0 Å². The number of alkyl halides is 3. The zero-order chi connectivity index (χ0) is 14.5. The predicted octanol–water partition coefficient (Wildman–Crippen LogP) is 2.69. The van der Waals surface area contributed by atoms with Gasteiger partial charge < -0.3 is 9.84 Å². The molecule has 0 fully saturated rings. The fraction of sp³-hybridized carbons (Fsp3) is 0.308. The lowest BCUT2D eigenvalue weighted by Gasteiger charge is -2.10. The van der Waals surface area contributed by atoms with Gasteiger partial charge in [-0.25, -0.2) is 4.79 Å². The molecule has 19 heavy (non-hydrogen) atoms. The Morgan fingerprint density at radius 3 is 2.42 bits per heavy atom. The summed E-state index contributed by atoms with van der Waals surface area (Å²) in [5.41, 5.74) is -0.360. The van der Waals surface area contributed by atoms with Crippen LogP contribution in [0.1, 0.15) is 17.5 Å². The third kappa shape index (κ3) is 4.75. The van der Waals surface area contributed by atoms with Gasteiger partial charge in [0.1, 0.15) is 6.61 Å². The molecule has 0 spiro atoms. The highest BCUT2D eigenvalue weighted by molar-refractivity contribution is 5.74. The number of ether oxygens (including phenoxy) is 1. The van der Waals surface area contributed by atoms with E-state index in [2.05, 4.69) is 6.58 Å². The number of carbonyl (C=O) groups is 1. The molecular weight excluding hydrogens is 261 g/mol. The van der Waals surface area contributed by atoms with Crippen molar-refractivity contribution < 1.29 is 27.8 Å². The van der Waals surface area contributed by atoms with Gasteiger partial charge in [-0.15, -0.1) is 6.58 Å². The molecule has 0 saturated heterocycles. The lowest BCUT2D eigenvalue weighted by atomic mass is 10.1. The van der Waals surface area contributed by atoms with Crippen LogP contribution in [0, 0.1) is 0 Å². The maximum atomic E-state index is 12.3. The molecule has 104 valence electrons. The summed E-state index contributed by atoms with van der Waals surface area (Å²) >= 11 is 0. The van der Waals surface area contributed by atoms with Crippen molar-refractivity contribution in [2.75, 3.05) is 0 Å².